The normalized spacial score (nSPS) is 30.2. The molecule has 0 spiro atoms. The van der Waals surface area contributed by atoms with Crippen LogP contribution in [0.5, 0.6) is 0 Å². The van der Waals surface area contributed by atoms with Crippen LogP contribution in [0.4, 0.5) is 5.95 Å². The topological polar surface area (TPSA) is 55.3 Å². The van der Waals surface area contributed by atoms with E-state index < -0.39 is 0 Å². The highest BCUT2D eigenvalue weighted by Gasteiger charge is 2.51. The van der Waals surface area contributed by atoms with E-state index in [-0.39, 0.29) is 11.9 Å². The third-order valence-electron chi connectivity index (χ3n) is 6.55. The zero-order valence-electron chi connectivity index (χ0n) is 15.1. The highest BCUT2D eigenvalue weighted by atomic mass is 16.5. The zero-order valence-corrected chi connectivity index (χ0v) is 15.1. The summed E-state index contributed by atoms with van der Waals surface area (Å²) in [7, 11) is 0. The Morgan fingerprint density at radius 2 is 2.16 bits per heavy atom. The number of carbonyl (C=O) groups is 1. The fraction of sp³-hybridized carbons (Fsp3) is 0.650. The summed E-state index contributed by atoms with van der Waals surface area (Å²) in [5.41, 5.74) is 1.71. The number of aromatic nitrogens is 2. The zero-order chi connectivity index (χ0) is 17.4. The van der Waals surface area contributed by atoms with Crippen molar-refractivity contribution in [3.63, 3.8) is 0 Å². The summed E-state index contributed by atoms with van der Waals surface area (Å²) in [5, 5.41) is 0. The molecule has 0 N–H and O–H groups in total. The van der Waals surface area contributed by atoms with E-state index in [1.165, 1.54) is 12.0 Å². The van der Waals surface area contributed by atoms with Gasteiger partial charge in [0.15, 0.2) is 0 Å². The summed E-state index contributed by atoms with van der Waals surface area (Å²) in [5.74, 6) is 1.97. The number of hydrogen-bond acceptors (Lipinski definition) is 5. The van der Waals surface area contributed by atoms with Crippen molar-refractivity contribution in [2.75, 3.05) is 24.6 Å². The van der Waals surface area contributed by atoms with Gasteiger partial charge in [-0.05, 0) is 54.6 Å². The first-order valence-electron chi connectivity index (χ1n) is 9.43. The highest BCUT2D eigenvalue weighted by Crippen LogP contribution is 2.59. The van der Waals surface area contributed by atoms with E-state index in [0.717, 1.165) is 31.7 Å². The Morgan fingerprint density at radius 1 is 1.36 bits per heavy atom. The number of allylic oxidation sites excluding steroid dienone is 1. The summed E-state index contributed by atoms with van der Waals surface area (Å²) in [4.78, 5) is 23.3. The molecule has 25 heavy (non-hydrogen) atoms. The van der Waals surface area contributed by atoms with Crippen molar-refractivity contribution < 1.29 is 9.53 Å². The van der Waals surface area contributed by atoms with Crippen LogP contribution in [0.1, 0.15) is 39.5 Å². The fourth-order valence-electron chi connectivity index (χ4n) is 4.72. The number of ether oxygens (including phenoxy) is 1. The van der Waals surface area contributed by atoms with Gasteiger partial charge in [-0.25, -0.2) is 9.97 Å². The van der Waals surface area contributed by atoms with Crippen LogP contribution in [0.15, 0.2) is 30.1 Å². The average molecular weight is 341 g/mol. The van der Waals surface area contributed by atoms with E-state index in [1.807, 2.05) is 6.07 Å². The lowest BCUT2D eigenvalue weighted by Crippen LogP contribution is -2.49. The lowest BCUT2D eigenvalue weighted by molar-refractivity contribution is -0.148. The largest absolute Gasteiger partial charge is 0.461 e. The van der Waals surface area contributed by atoms with Crippen molar-refractivity contribution >= 4 is 11.9 Å². The Balaban J connectivity index is 1.33. The summed E-state index contributed by atoms with van der Waals surface area (Å²) < 4.78 is 5.72. The second kappa shape index (κ2) is 6.43. The van der Waals surface area contributed by atoms with E-state index in [0.29, 0.717) is 30.4 Å². The fourth-order valence-corrected chi connectivity index (χ4v) is 4.72. The number of esters is 1. The molecule has 4 aliphatic rings. The molecule has 5 rings (SSSR count). The highest BCUT2D eigenvalue weighted by molar-refractivity contribution is 5.73. The third-order valence-corrected chi connectivity index (χ3v) is 6.55. The molecule has 5 nitrogen and oxygen atoms in total. The van der Waals surface area contributed by atoms with E-state index in [1.54, 1.807) is 12.4 Å². The van der Waals surface area contributed by atoms with Crippen molar-refractivity contribution in [2.45, 2.75) is 39.5 Å². The number of fused-ring (bicyclic) bond motifs is 1. The van der Waals surface area contributed by atoms with E-state index >= 15 is 0 Å². The summed E-state index contributed by atoms with van der Waals surface area (Å²) in [6.45, 7) is 6.71. The van der Waals surface area contributed by atoms with Crippen LogP contribution in [-0.2, 0) is 9.53 Å². The number of nitrogens with zero attached hydrogens (tertiary/aromatic N) is 3. The lowest BCUT2D eigenvalue weighted by atomic mass is 9.49. The number of carbonyl (C=O) groups excluding carboxylic acids is 1. The molecule has 0 unspecified atom stereocenters. The Kier molecular flexibility index (Phi) is 4.26. The molecule has 2 heterocycles. The Bertz CT molecular complexity index is 671. The van der Waals surface area contributed by atoms with Crippen LogP contribution in [0.25, 0.3) is 0 Å². The van der Waals surface area contributed by atoms with Gasteiger partial charge in [0.1, 0.15) is 6.61 Å². The minimum absolute atomic E-state index is 0.0687. The summed E-state index contributed by atoms with van der Waals surface area (Å²) >= 11 is 0. The monoisotopic (exact) mass is 341 g/mol. The van der Waals surface area contributed by atoms with Gasteiger partial charge in [0.2, 0.25) is 5.95 Å². The quantitative estimate of drug-likeness (QED) is 0.622. The minimum Gasteiger partial charge on any atom is -0.461 e. The van der Waals surface area contributed by atoms with Crippen LogP contribution in [0.2, 0.25) is 0 Å². The Labute approximate surface area is 149 Å². The smallest absolute Gasteiger partial charge is 0.311 e. The average Bonchev–Trinajstić information content (AvgIpc) is 2.67. The minimum atomic E-state index is -0.0797. The molecule has 2 bridgehead atoms. The number of anilines is 1. The predicted octanol–water partition coefficient (Wildman–Crippen LogP) is 3.23. The molecule has 2 fully saturated rings. The van der Waals surface area contributed by atoms with Gasteiger partial charge >= 0.3 is 5.97 Å². The molecular weight excluding hydrogens is 314 g/mol. The molecule has 1 saturated heterocycles. The van der Waals surface area contributed by atoms with Crippen LogP contribution < -0.4 is 4.90 Å². The SMILES string of the molecule is CC1(C)[C@H]2CC=C(COC(=O)[C@H]3CCCN(c4ncccn4)C3)[C@@H]1C2. The molecule has 0 aromatic carbocycles. The van der Waals surface area contributed by atoms with Gasteiger partial charge in [-0.1, -0.05) is 19.9 Å². The molecule has 1 aromatic rings. The molecule has 0 amide bonds. The molecule has 3 atom stereocenters. The van der Waals surface area contributed by atoms with Gasteiger partial charge < -0.3 is 9.64 Å². The van der Waals surface area contributed by atoms with Crippen LogP contribution in [0.3, 0.4) is 0 Å². The van der Waals surface area contributed by atoms with Crippen molar-refractivity contribution in [1.82, 2.24) is 9.97 Å². The molecule has 134 valence electrons. The molecule has 5 heteroatoms. The van der Waals surface area contributed by atoms with Gasteiger partial charge in [-0.3, -0.25) is 4.79 Å². The molecule has 1 aliphatic heterocycles. The van der Waals surface area contributed by atoms with Crippen LogP contribution in [-0.4, -0.2) is 35.6 Å². The standard InChI is InChI=1S/C20H27N3O2/c1-20(2)16-7-6-15(17(20)11-16)13-25-18(24)14-5-3-10-23(12-14)19-21-8-4-9-22-19/h4,6,8-9,14,16-17H,3,5,7,10-13H2,1-2H3/t14-,16-,17-/m0/s1. The Hall–Kier alpha value is -1.91. The van der Waals surface area contributed by atoms with Crippen molar-refractivity contribution in [3.8, 4) is 0 Å². The predicted molar refractivity (Wildman–Crippen MR) is 96.0 cm³/mol. The molecule has 3 aliphatic carbocycles. The number of rotatable bonds is 4. The van der Waals surface area contributed by atoms with Gasteiger partial charge in [0.05, 0.1) is 5.92 Å². The van der Waals surface area contributed by atoms with E-state index in [9.17, 15) is 4.79 Å². The third kappa shape index (κ3) is 3.05. The summed E-state index contributed by atoms with van der Waals surface area (Å²) in [6, 6.07) is 1.81. The first kappa shape index (κ1) is 16.6. The van der Waals surface area contributed by atoms with E-state index in [2.05, 4.69) is 34.8 Å². The molecule has 0 radical (unpaired) electrons. The van der Waals surface area contributed by atoms with Crippen LogP contribution in [0, 0.1) is 23.2 Å². The molecule has 1 aromatic heterocycles. The second-order valence-electron chi connectivity index (χ2n) is 8.26. The maximum Gasteiger partial charge on any atom is 0.311 e. The van der Waals surface area contributed by atoms with Gasteiger partial charge in [-0.15, -0.1) is 0 Å². The van der Waals surface area contributed by atoms with Gasteiger partial charge in [0, 0.05) is 25.5 Å². The van der Waals surface area contributed by atoms with Gasteiger partial charge in [0.25, 0.3) is 0 Å². The van der Waals surface area contributed by atoms with Crippen molar-refractivity contribution in [3.05, 3.63) is 30.1 Å². The lowest BCUT2D eigenvalue weighted by Gasteiger charge is -2.56. The number of piperidine rings is 1. The molecular formula is C20H27N3O2. The Morgan fingerprint density at radius 3 is 2.88 bits per heavy atom. The maximum atomic E-state index is 12.6. The second-order valence-corrected chi connectivity index (χ2v) is 8.26. The van der Waals surface area contributed by atoms with Gasteiger partial charge in [-0.2, -0.15) is 0 Å². The first-order chi connectivity index (χ1) is 12.1. The first-order valence-corrected chi connectivity index (χ1v) is 9.43. The van der Waals surface area contributed by atoms with Crippen molar-refractivity contribution in [1.29, 1.82) is 0 Å². The molecule has 1 saturated carbocycles. The van der Waals surface area contributed by atoms with Crippen molar-refractivity contribution in [2.24, 2.45) is 23.2 Å². The number of hydrogen-bond donors (Lipinski definition) is 0. The summed E-state index contributed by atoms with van der Waals surface area (Å²) in [6.07, 6.45) is 10.1. The van der Waals surface area contributed by atoms with Crippen LogP contribution >= 0.6 is 0 Å². The van der Waals surface area contributed by atoms with E-state index in [4.69, 9.17) is 4.74 Å². The maximum absolute atomic E-state index is 12.6.